The first-order valence-electron chi connectivity index (χ1n) is 10.7. The fourth-order valence-corrected chi connectivity index (χ4v) is 5.19. The molecule has 0 bridgehead atoms. The van der Waals surface area contributed by atoms with Crippen LogP contribution in [-0.4, -0.2) is 54.5 Å². The van der Waals surface area contributed by atoms with Gasteiger partial charge in [0.05, 0.1) is 5.56 Å². The minimum atomic E-state index is -4.18. The van der Waals surface area contributed by atoms with E-state index in [-0.39, 0.29) is 29.3 Å². The Labute approximate surface area is 192 Å². The first kappa shape index (κ1) is 24.4. The summed E-state index contributed by atoms with van der Waals surface area (Å²) in [4.78, 5) is 39.9. The number of hydrogen-bond donors (Lipinski definition) is 1. The van der Waals surface area contributed by atoms with E-state index in [1.165, 1.54) is 47.4 Å². The molecule has 3 rings (SSSR count). The van der Waals surface area contributed by atoms with Crippen LogP contribution in [0.15, 0.2) is 53.4 Å². The van der Waals surface area contributed by atoms with Crippen LogP contribution in [0.1, 0.15) is 42.6 Å². The molecule has 1 N–H and O–H groups in total. The van der Waals surface area contributed by atoms with Crippen LogP contribution in [0.4, 0.5) is 4.39 Å². The number of hydrogen-bond acceptors (Lipinski definition) is 5. The second-order valence-corrected chi connectivity index (χ2v) is 9.51. The minimum Gasteiger partial charge on any atom is -0.354 e. The summed E-state index contributed by atoms with van der Waals surface area (Å²) in [6.45, 7) is 3.25. The van der Waals surface area contributed by atoms with Crippen molar-refractivity contribution in [1.82, 2.24) is 14.5 Å². The molecule has 0 unspecified atom stereocenters. The topological polar surface area (TPSA) is 104 Å². The molecule has 0 radical (unpaired) electrons. The second kappa shape index (κ2) is 10.1. The third-order valence-corrected chi connectivity index (χ3v) is 7.18. The van der Waals surface area contributed by atoms with E-state index in [1.807, 2.05) is 6.92 Å². The van der Waals surface area contributed by atoms with Gasteiger partial charge in [-0.15, -0.1) is 0 Å². The van der Waals surface area contributed by atoms with Gasteiger partial charge in [0.15, 0.2) is 0 Å². The second-order valence-electron chi connectivity index (χ2n) is 7.68. The lowest BCUT2D eigenvalue weighted by atomic mass is 10.1. The van der Waals surface area contributed by atoms with Gasteiger partial charge in [0, 0.05) is 13.1 Å². The summed E-state index contributed by atoms with van der Waals surface area (Å²) < 4.78 is 39.6. The van der Waals surface area contributed by atoms with Gasteiger partial charge in [-0.1, -0.05) is 38.1 Å². The number of rotatable bonds is 9. The largest absolute Gasteiger partial charge is 0.354 e. The molecule has 0 saturated carbocycles. The van der Waals surface area contributed by atoms with Crippen molar-refractivity contribution in [2.75, 3.05) is 13.1 Å². The standard InChI is InChI=1S/C23H26FN3O5S/c1-3-13-25-22(29)19(4-2)26(14-16-9-11-17(24)12-10-16)21(28)15-27-23(30)18-7-5-6-8-20(18)33(27,31)32/h5-12,19H,3-4,13-15H2,1-2H3,(H,25,29)/t19-/m1/s1. The van der Waals surface area contributed by atoms with Crippen molar-refractivity contribution in [2.24, 2.45) is 0 Å². The summed E-state index contributed by atoms with van der Waals surface area (Å²) >= 11 is 0. The summed E-state index contributed by atoms with van der Waals surface area (Å²) in [5.74, 6) is -2.32. The Morgan fingerprint density at radius 3 is 2.36 bits per heavy atom. The number of halogens is 1. The molecule has 1 heterocycles. The zero-order chi connectivity index (χ0) is 24.2. The maximum absolute atomic E-state index is 13.3. The van der Waals surface area contributed by atoms with Crippen LogP contribution in [0.25, 0.3) is 0 Å². The third-order valence-electron chi connectivity index (χ3n) is 5.39. The predicted molar refractivity (Wildman–Crippen MR) is 119 cm³/mol. The maximum atomic E-state index is 13.3. The normalized spacial score (nSPS) is 15.1. The number of carbonyl (C=O) groups is 3. The van der Waals surface area contributed by atoms with Crippen LogP contribution < -0.4 is 5.32 Å². The monoisotopic (exact) mass is 475 g/mol. The van der Waals surface area contributed by atoms with Gasteiger partial charge in [-0.2, -0.15) is 0 Å². The number of nitrogens with one attached hydrogen (secondary N) is 1. The van der Waals surface area contributed by atoms with Gasteiger partial charge in [-0.05, 0) is 42.7 Å². The van der Waals surface area contributed by atoms with E-state index in [4.69, 9.17) is 0 Å². The van der Waals surface area contributed by atoms with E-state index in [9.17, 15) is 27.2 Å². The average Bonchev–Trinajstić information content (AvgIpc) is 2.99. The lowest BCUT2D eigenvalue weighted by molar-refractivity contribution is -0.141. The Hall–Kier alpha value is -3.27. The lowest BCUT2D eigenvalue weighted by Crippen LogP contribution is -2.52. The molecular formula is C23H26FN3O5S. The summed E-state index contributed by atoms with van der Waals surface area (Å²) in [6.07, 6.45) is 0.969. The van der Waals surface area contributed by atoms with Crippen molar-refractivity contribution in [3.8, 4) is 0 Å². The van der Waals surface area contributed by atoms with Crippen molar-refractivity contribution >= 4 is 27.7 Å². The molecule has 0 fully saturated rings. The molecule has 176 valence electrons. The fraction of sp³-hybridized carbons (Fsp3) is 0.348. The summed E-state index contributed by atoms with van der Waals surface area (Å²) in [5.41, 5.74) is 0.563. The number of amides is 3. The predicted octanol–water partition coefficient (Wildman–Crippen LogP) is 2.30. The quantitative estimate of drug-likeness (QED) is 0.599. The fourth-order valence-electron chi connectivity index (χ4n) is 3.67. The zero-order valence-corrected chi connectivity index (χ0v) is 19.3. The van der Waals surface area contributed by atoms with Crippen molar-refractivity contribution < 1.29 is 27.2 Å². The molecule has 2 aromatic rings. The molecule has 1 aliphatic heterocycles. The molecular weight excluding hydrogens is 449 g/mol. The Morgan fingerprint density at radius 2 is 1.76 bits per heavy atom. The third kappa shape index (κ3) is 5.05. The van der Waals surface area contributed by atoms with Crippen LogP contribution in [0.3, 0.4) is 0 Å². The highest BCUT2D eigenvalue weighted by molar-refractivity contribution is 7.90. The van der Waals surface area contributed by atoms with Crippen LogP contribution in [-0.2, 0) is 26.2 Å². The highest BCUT2D eigenvalue weighted by atomic mass is 32.2. The van der Waals surface area contributed by atoms with Gasteiger partial charge in [-0.3, -0.25) is 14.4 Å². The number of benzene rings is 2. The van der Waals surface area contributed by atoms with Crippen molar-refractivity contribution in [2.45, 2.75) is 44.2 Å². The van der Waals surface area contributed by atoms with E-state index >= 15 is 0 Å². The van der Waals surface area contributed by atoms with Crippen molar-refractivity contribution in [3.63, 3.8) is 0 Å². The molecule has 2 aromatic carbocycles. The summed E-state index contributed by atoms with van der Waals surface area (Å²) in [5, 5.41) is 2.75. The Bertz CT molecular complexity index is 1150. The van der Waals surface area contributed by atoms with E-state index in [0.29, 0.717) is 22.8 Å². The smallest absolute Gasteiger partial charge is 0.269 e. The molecule has 0 aliphatic carbocycles. The minimum absolute atomic E-state index is 0.00288. The van der Waals surface area contributed by atoms with E-state index in [2.05, 4.69) is 5.32 Å². The molecule has 0 saturated heterocycles. The van der Waals surface area contributed by atoms with Crippen LogP contribution in [0, 0.1) is 5.82 Å². The van der Waals surface area contributed by atoms with Crippen LogP contribution in [0.5, 0.6) is 0 Å². The number of nitrogens with zero attached hydrogens (tertiary/aromatic N) is 2. The lowest BCUT2D eigenvalue weighted by Gasteiger charge is -2.31. The summed E-state index contributed by atoms with van der Waals surface area (Å²) in [7, 11) is -4.18. The van der Waals surface area contributed by atoms with Gasteiger partial charge in [0.25, 0.3) is 15.9 Å². The van der Waals surface area contributed by atoms with Crippen molar-refractivity contribution in [1.29, 1.82) is 0 Å². The van der Waals surface area contributed by atoms with Crippen LogP contribution >= 0.6 is 0 Å². The van der Waals surface area contributed by atoms with E-state index < -0.39 is 40.2 Å². The molecule has 33 heavy (non-hydrogen) atoms. The SMILES string of the molecule is CCCNC(=O)[C@@H](CC)N(Cc1ccc(F)cc1)C(=O)CN1C(=O)c2ccccc2S1(=O)=O. The van der Waals surface area contributed by atoms with Gasteiger partial charge in [-0.25, -0.2) is 17.1 Å². The number of sulfonamides is 1. The first-order chi connectivity index (χ1) is 15.7. The van der Waals surface area contributed by atoms with E-state index in [0.717, 1.165) is 0 Å². The average molecular weight is 476 g/mol. The number of fused-ring (bicyclic) bond motifs is 1. The molecule has 1 atom stereocenters. The highest BCUT2D eigenvalue weighted by Crippen LogP contribution is 2.30. The zero-order valence-electron chi connectivity index (χ0n) is 18.5. The highest BCUT2D eigenvalue weighted by Gasteiger charge is 2.43. The maximum Gasteiger partial charge on any atom is 0.269 e. The van der Waals surface area contributed by atoms with Crippen LogP contribution in [0.2, 0.25) is 0 Å². The first-order valence-corrected chi connectivity index (χ1v) is 12.1. The Kier molecular flexibility index (Phi) is 7.47. The molecule has 3 amide bonds. The van der Waals surface area contributed by atoms with Crippen molar-refractivity contribution in [3.05, 3.63) is 65.5 Å². The Morgan fingerprint density at radius 1 is 1.09 bits per heavy atom. The van der Waals surface area contributed by atoms with Gasteiger partial charge in [0.1, 0.15) is 23.3 Å². The molecule has 0 aromatic heterocycles. The van der Waals surface area contributed by atoms with Gasteiger partial charge in [0.2, 0.25) is 11.8 Å². The Balaban J connectivity index is 1.91. The molecule has 8 nitrogen and oxygen atoms in total. The van der Waals surface area contributed by atoms with Gasteiger partial charge >= 0.3 is 0 Å². The summed E-state index contributed by atoms with van der Waals surface area (Å²) in [6, 6.07) is 10.3. The van der Waals surface area contributed by atoms with E-state index in [1.54, 1.807) is 13.0 Å². The number of carbonyl (C=O) groups excluding carboxylic acids is 3. The molecule has 1 aliphatic rings. The molecule has 0 spiro atoms. The van der Waals surface area contributed by atoms with Gasteiger partial charge < -0.3 is 10.2 Å². The molecule has 10 heteroatoms.